The third-order valence-electron chi connectivity index (χ3n) is 9.21. The summed E-state index contributed by atoms with van der Waals surface area (Å²) in [5, 5.41) is 15.9. The Kier molecular flexibility index (Phi) is 8.52. The number of hydrogen-bond donors (Lipinski definition) is 2. The van der Waals surface area contributed by atoms with Gasteiger partial charge in [-0.25, -0.2) is 0 Å². The van der Waals surface area contributed by atoms with E-state index in [1.807, 2.05) is 50.5 Å². The normalized spacial score (nSPS) is 21.9. The Hall–Kier alpha value is -3.82. The first-order valence-electron chi connectivity index (χ1n) is 14.7. The third kappa shape index (κ3) is 5.08. The molecule has 0 aromatic heterocycles. The summed E-state index contributed by atoms with van der Waals surface area (Å²) in [4.78, 5) is 18.1. The van der Waals surface area contributed by atoms with Crippen LogP contribution in [0.2, 0.25) is 0 Å². The van der Waals surface area contributed by atoms with Crippen LogP contribution in [0.15, 0.2) is 82.7 Å². The number of nitriles is 1. The SMILES string of the molecule is CC(=C1C(=O)C(C=C2N(C)c3ccccc3C2(C)C)=C1NC#N)C1Nc2ccccc2C1(C)C.CCN(CC)CC. The van der Waals surface area contributed by atoms with Gasteiger partial charge in [0.1, 0.15) is 0 Å². The second-order valence-corrected chi connectivity index (χ2v) is 12.1. The van der Waals surface area contributed by atoms with Gasteiger partial charge in [0.25, 0.3) is 0 Å². The molecular weight excluding hydrogens is 506 g/mol. The lowest BCUT2D eigenvalue weighted by Gasteiger charge is -2.34. The van der Waals surface area contributed by atoms with E-state index in [0.717, 1.165) is 22.6 Å². The van der Waals surface area contributed by atoms with Gasteiger partial charge in [0.2, 0.25) is 0 Å². The molecule has 1 aliphatic carbocycles. The molecule has 0 radical (unpaired) electrons. The fraction of sp³-hybridized carbons (Fsp3) is 0.429. The van der Waals surface area contributed by atoms with E-state index in [2.05, 4.69) is 93.2 Å². The van der Waals surface area contributed by atoms with Crippen molar-refractivity contribution in [2.24, 2.45) is 0 Å². The maximum absolute atomic E-state index is 13.6. The van der Waals surface area contributed by atoms with Crippen molar-refractivity contribution in [1.29, 1.82) is 5.26 Å². The summed E-state index contributed by atoms with van der Waals surface area (Å²) >= 11 is 0. The van der Waals surface area contributed by atoms with Gasteiger partial charge in [0, 0.05) is 46.1 Å². The summed E-state index contributed by atoms with van der Waals surface area (Å²) < 4.78 is 0. The van der Waals surface area contributed by atoms with Crippen molar-refractivity contribution in [2.45, 2.75) is 72.3 Å². The molecule has 0 saturated carbocycles. The van der Waals surface area contributed by atoms with E-state index in [0.29, 0.717) is 16.8 Å². The molecule has 216 valence electrons. The van der Waals surface area contributed by atoms with Crippen LogP contribution in [0.25, 0.3) is 0 Å². The van der Waals surface area contributed by atoms with Crippen LogP contribution >= 0.6 is 0 Å². The highest BCUT2D eigenvalue weighted by Gasteiger charge is 2.45. The molecule has 0 saturated heterocycles. The Bertz CT molecular complexity index is 1460. The molecule has 2 aromatic carbocycles. The predicted octanol–water partition coefficient (Wildman–Crippen LogP) is 6.64. The Morgan fingerprint density at radius 2 is 1.61 bits per heavy atom. The van der Waals surface area contributed by atoms with Crippen molar-refractivity contribution in [1.82, 2.24) is 10.2 Å². The number of carbonyl (C=O) groups is 1. The number of anilines is 2. The molecule has 1 atom stereocenters. The zero-order chi connectivity index (χ0) is 30.1. The van der Waals surface area contributed by atoms with Gasteiger partial charge >= 0.3 is 0 Å². The zero-order valence-electron chi connectivity index (χ0n) is 26.1. The summed E-state index contributed by atoms with van der Waals surface area (Å²) in [5.41, 5.74) is 8.05. The van der Waals surface area contributed by atoms with Gasteiger partial charge in [0.15, 0.2) is 12.0 Å². The fourth-order valence-electron chi connectivity index (χ4n) is 6.66. The highest BCUT2D eigenvalue weighted by atomic mass is 16.1. The second kappa shape index (κ2) is 11.6. The topological polar surface area (TPSA) is 71.4 Å². The first-order chi connectivity index (χ1) is 19.4. The minimum atomic E-state index is -0.248. The number of carbonyl (C=O) groups excluding carboxylic acids is 1. The van der Waals surface area contributed by atoms with Gasteiger partial charge in [-0.15, -0.1) is 0 Å². The maximum Gasteiger partial charge on any atom is 0.197 e. The first kappa shape index (κ1) is 30.1. The van der Waals surface area contributed by atoms with Crippen molar-refractivity contribution >= 4 is 17.2 Å². The maximum atomic E-state index is 13.6. The average molecular weight is 552 g/mol. The molecule has 41 heavy (non-hydrogen) atoms. The smallest absolute Gasteiger partial charge is 0.197 e. The number of rotatable bonds is 6. The van der Waals surface area contributed by atoms with Crippen LogP contribution in [0.4, 0.5) is 11.4 Å². The molecule has 5 rings (SSSR count). The van der Waals surface area contributed by atoms with Crippen LogP contribution in [-0.2, 0) is 15.6 Å². The Balaban J connectivity index is 0.000000493. The lowest BCUT2D eigenvalue weighted by atomic mass is 9.73. The van der Waals surface area contributed by atoms with E-state index in [4.69, 9.17) is 0 Å². The molecule has 1 unspecified atom stereocenters. The lowest BCUT2D eigenvalue weighted by Crippen LogP contribution is -2.39. The van der Waals surface area contributed by atoms with Crippen LogP contribution in [0.3, 0.4) is 0 Å². The van der Waals surface area contributed by atoms with E-state index < -0.39 is 0 Å². The number of nitrogens with zero attached hydrogens (tertiary/aromatic N) is 3. The minimum Gasteiger partial charge on any atom is -0.377 e. The number of para-hydroxylation sites is 2. The monoisotopic (exact) mass is 551 g/mol. The van der Waals surface area contributed by atoms with Crippen LogP contribution < -0.4 is 15.5 Å². The summed E-state index contributed by atoms with van der Waals surface area (Å²) in [6.07, 6.45) is 4.01. The van der Waals surface area contributed by atoms with E-state index in [9.17, 15) is 10.1 Å². The molecule has 6 heteroatoms. The van der Waals surface area contributed by atoms with Crippen molar-refractivity contribution in [3.8, 4) is 6.19 Å². The Labute approximate surface area is 246 Å². The van der Waals surface area contributed by atoms with Crippen molar-refractivity contribution in [2.75, 3.05) is 36.9 Å². The quantitative estimate of drug-likeness (QED) is 0.238. The number of allylic oxidation sites excluding steroid dienone is 4. The van der Waals surface area contributed by atoms with Gasteiger partial charge in [-0.1, -0.05) is 84.9 Å². The standard InChI is InChI=1S/C29H30N4O.C6H15N/c1-17(27-29(4,5)19-11-7-9-13-21(19)32-27)24-25(31-16-30)18(26(24)34)15-23-28(2,3)20-12-8-10-14-22(20)33(23)6;1-4-7(5-2)6-3/h7-15,27,31-32H,1-6H3;4-6H2,1-3H3. The van der Waals surface area contributed by atoms with Gasteiger partial charge in [-0.3, -0.25) is 10.1 Å². The zero-order valence-corrected chi connectivity index (χ0v) is 26.1. The molecule has 2 N–H and O–H groups in total. The first-order valence-corrected chi connectivity index (χ1v) is 14.7. The number of hydrogen-bond acceptors (Lipinski definition) is 6. The van der Waals surface area contributed by atoms with Crippen molar-refractivity contribution < 1.29 is 4.79 Å². The summed E-state index contributed by atoms with van der Waals surface area (Å²) in [5.74, 6) is -0.0172. The number of likely N-dealkylation sites (N-methyl/N-ethyl adjacent to an activating group) is 1. The summed E-state index contributed by atoms with van der Waals surface area (Å²) in [6, 6.07) is 16.6. The number of fused-ring (bicyclic) bond motifs is 2. The number of nitrogens with one attached hydrogen (secondary N) is 2. The second-order valence-electron chi connectivity index (χ2n) is 12.1. The molecule has 2 aromatic rings. The molecule has 0 bridgehead atoms. The highest BCUT2D eigenvalue weighted by molar-refractivity contribution is 6.22. The molecule has 6 nitrogen and oxygen atoms in total. The fourth-order valence-corrected chi connectivity index (χ4v) is 6.66. The number of benzene rings is 2. The highest BCUT2D eigenvalue weighted by Crippen LogP contribution is 2.49. The van der Waals surface area contributed by atoms with Crippen LogP contribution in [0.1, 0.15) is 66.5 Å². The molecule has 3 aliphatic rings. The molecule has 0 amide bonds. The van der Waals surface area contributed by atoms with Crippen LogP contribution in [0.5, 0.6) is 0 Å². The Morgan fingerprint density at radius 1 is 1.02 bits per heavy atom. The average Bonchev–Trinajstić information content (AvgIpc) is 3.34. The number of ketones is 1. The van der Waals surface area contributed by atoms with E-state index in [1.54, 1.807) is 0 Å². The van der Waals surface area contributed by atoms with Crippen molar-refractivity contribution in [3.63, 3.8) is 0 Å². The van der Waals surface area contributed by atoms with Crippen molar-refractivity contribution in [3.05, 3.63) is 93.8 Å². The minimum absolute atomic E-state index is 0.0172. The Morgan fingerprint density at radius 3 is 2.15 bits per heavy atom. The van der Waals surface area contributed by atoms with E-state index >= 15 is 0 Å². The summed E-state index contributed by atoms with van der Waals surface area (Å²) in [7, 11) is 2.03. The molecule has 2 aliphatic heterocycles. The predicted molar refractivity (Wildman–Crippen MR) is 170 cm³/mol. The van der Waals surface area contributed by atoms with E-state index in [1.165, 1.54) is 30.8 Å². The molecule has 0 spiro atoms. The largest absolute Gasteiger partial charge is 0.377 e. The van der Waals surface area contributed by atoms with Gasteiger partial charge in [0.05, 0.1) is 11.7 Å². The summed E-state index contributed by atoms with van der Waals surface area (Å²) in [6.45, 7) is 20.9. The van der Waals surface area contributed by atoms with Gasteiger partial charge in [-0.2, -0.15) is 5.26 Å². The van der Waals surface area contributed by atoms with Gasteiger partial charge in [-0.05, 0) is 61.5 Å². The molecule has 2 heterocycles. The lowest BCUT2D eigenvalue weighted by molar-refractivity contribution is -0.113. The third-order valence-corrected chi connectivity index (χ3v) is 9.21. The van der Waals surface area contributed by atoms with Crippen LogP contribution in [0, 0.1) is 11.5 Å². The number of Topliss-reactive ketones (excluding diaryl/α,β-unsaturated/α-hetero) is 1. The van der Waals surface area contributed by atoms with E-state index in [-0.39, 0.29) is 22.7 Å². The van der Waals surface area contributed by atoms with Gasteiger partial charge < -0.3 is 15.1 Å². The molecule has 0 fully saturated rings. The van der Waals surface area contributed by atoms with Crippen LogP contribution in [-0.4, -0.2) is 43.4 Å². The molecular formula is C35H45N5O.